The number of hydrogen-bond acceptors (Lipinski definition) is 8. The minimum atomic E-state index is -0.872. The molecule has 0 spiro atoms. The second-order valence-electron chi connectivity index (χ2n) is 6.15. The lowest BCUT2D eigenvalue weighted by Crippen LogP contribution is -2.27. The van der Waals surface area contributed by atoms with Gasteiger partial charge in [0.2, 0.25) is 8.15 Å². The molecule has 10 heteroatoms. The minimum Gasteiger partial charge on any atom is -0.396 e. The van der Waals surface area contributed by atoms with Crippen molar-refractivity contribution in [2.24, 2.45) is 5.92 Å². The second-order valence-corrected chi connectivity index (χ2v) is 6.49. The molecule has 0 amide bonds. The Morgan fingerprint density at radius 2 is 2.27 bits per heavy atom. The van der Waals surface area contributed by atoms with Crippen LogP contribution < -0.4 is 5.32 Å². The van der Waals surface area contributed by atoms with Gasteiger partial charge in [0.25, 0.3) is 0 Å². The summed E-state index contributed by atoms with van der Waals surface area (Å²) >= 11 is 6.06. The predicted molar refractivity (Wildman–Crippen MR) is 95.9 cm³/mol. The highest BCUT2D eigenvalue weighted by molar-refractivity contribution is 6.28. The Bertz CT molecular complexity index is 801. The average Bonchev–Trinajstić information content (AvgIpc) is 3.25. The number of halogens is 1. The van der Waals surface area contributed by atoms with E-state index in [1.54, 1.807) is 4.57 Å². The fourth-order valence-corrected chi connectivity index (χ4v) is 3.56. The molecular weight excluding hydrogens is 362 g/mol. The van der Waals surface area contributed by atoms with Crippen LogP contribution in [0.4, 0.5) is 5.82 Å². The van der Waals surface area contributed by atoms with Crippen molar-refractivity contribution < 1.29 is 21.4 Å². The number of fused-ring (bicyclic) bond motifs is 1. The molecule has 144 valence electrons. The van der Waals surface area contributed by atoms with Crippen LogP contribution in [0.15, 0.2) is 6.33 Å². The number of imidazole rings is 1. The summed E-state index contributed by atoms with van der Waals surface area (Å²) in [7, 11) is 0. The zero-order valence-corrected chi connectivity index (χ0v) is 14.9. The molecule has 1 saturated heterocycles. The van der Waals surface area contributed by atoms with Crippen LogP contribution in [0.25, 0.3) is 11.2 Å². The number of nitrogens with zero attached hydrogens (tertiary/aromatic N) is 4. The van der Waals surface area contributed by atoms with E-state index in [4.69, 9.17) is 20.6 Å². The summed E-state index contributed by atoms with van der Waals surface area (Å²) in [6.07, 6.45) is 1.25. The maximum absolute atomic E-state index is 10.9. The summed E-state index contributed by atoms with van der Waals surface area (Å²) < 4.78 is 28.8. The van der Waals surface area contributed by atoms with Crippen LogP contribution in [0.5, 0.6) is 0 Å². The summed E-state index contributed by atoms with van der Waals surface area (Å²) in [5.74, 6) is 0.161. The van der Waals surface area contributed by atoms with Crippen molar-refractivity contribution in [3.05, 3.63) is 11.6 Å². The summed E-state index contributed by atoms with van der Waals surface area (Å²) in [5, 5.41) is 22.8. The van der Waals surface area contributed by atoms with Crippen molar-refractivity contribution in [3.8, 4) is 0 Å². The largest absolute Gasteiger partial charge is 0.396 e. The molecule has 4 atom stereocenters. The van der Waals surface area contributed by atoms with Crippen molar-refractivity contribution in [2.75, 3.05) is 25.1 Å². The third-order valence-electron chi connectivity index (χ3n) is 4.57. The van der Waals surface area contributed by atoms with Gasteiger partial charge in [0.05, 0.1) is 12.4 Å². The molecule has 1 aliphatic heterocycles. The number of rotatable bonds is 10. The van der Waals surface area contributed by atoms with Gasteiger partial charge in [-0.25, -0.2) is 4.98 Å². The molecule has 1 fully saturated rings. The van der Waals surface area contributed by atoms with E-state index in [1.807, 2.05) is 0 Å². The van der Waals surface area contributed by atoms with Crippen LogP contribution in [0, 0.1) is 5.92 Å². The average molecular weight is 392 g/mol. The van der Waals surface area contributed by atoms with E-state index in [1.165, 1.54) is 6.33 Å². The molecule has 0 radical (unpaired) electrons. The standard InChI is InChI=1S/C16H24ClN5O4/c1-2-18-13-11-14(21-16(17)20-13)22(8-19-11)15-12(25)9(5-7-24)10(26-15)4-3-6-23/h8-10,12,15,23-25H,2-7H2,1H3,(H,18,20,21)/i1T,23T,24T. The monoisotopic (exact) mass is 391 g/mol. The molecule has 1 aliphatic rings. The molecule has 2 aromatic heterocycles. The van der Waals surface area contributed by atoms with Gasteiger partial charge in [0, 0.05) is 27.0 Å². The number of aliphatic hydroxyl groups is 3. The SMILES string of the molecule is [3H]CCNc1nc(Cl)nc2c1ncn2C1OC(CCCO[3H])C(CCO[3H])C1O. The lowest BCUT2D eigenvalue weighted by atomic mass is 9.92. The van der Waals surface area contributed by atoms with Crippen molar-refractivity contribution >= 4 is 28.6 Å². The number of ether oxygens (including phenoxy) is 1. The highest BCUT2D eigenvalue weighted by Gasteiger charge is 2.44. The molecule has 3 heterocycles. The molecule has 4 unspecified atom stereocenters. The van der Waals surface area contributed by atoms with E-state index in [-0.39, 0.29) is 37.4 Å². The normalized spacial score (nSPS) is 27.4. The van der Waals surface area contributed by atoms with E-state index in [9.17, 15) is 5.11 Å². The molecule has 9 nitrogen and oxygen atoms in total. The Balaban J connectivity index is 1.88. The molecular formula is C16H24ClN5O4. The Labute approximate surface area is 160 Å². The highest BCUT2D eigenvalue weighted by Crippen LogP contribution is 2.39. The fourth-order valence-electron chi connectivity index (χ4n) is 3.40. The molecule has 0 saturated carbocycles. The summed E-state index contributed by atoms with van der Waals surface area (Å²) in [6, 6.07) is 0. The minimum absolute atomic E-state index is 0.0162. The zero-order valence-electron chi connectivity index (χ0n) is 17.2. The first-order valence-electron chi connectivity index (χ1n) is 10.1. The number of aromatic nitrogens is 4. The molecule has 0 aliphatic carbocycles. The molecule has 0 bridgehead atoms. The first kappa shape index (κ1) is 15.5. The van der Waals surface area contributed by atoms with Crippen LogP contribution in [0.3, 0.4) is 0 Å². The van der Waals surface area contributed by atoms with Gasteiger partial charge in [-0.05, 0) is 37.8 Å². The lowest BCUT2D eigenvalue weighted by molar-refractivity contribution is -0.0380. The second kappa shape index (κ2) is 8.45. The molecule has 2 aromatic rings. The number of aliphatic hydroxyl groups excluding tert-OH is 3. The van der Waals surface area contributed by atoms with Gasteiger partial charge in [0.15, 0.2) is 23.2 Å². The topological polar surface area (TPSA) is 126 Å². The van der Waals surface area contributed by atoms with E-state index in [0.717, 1.165) is 0 Å². The molecule has 3 rings (SSSR count). The third kappa shape index (κ3) is 3.63. The zero-order chi connectivity index (χ0) is 20.8. The van der Waals surface area contributed by atoms with Crippen LogP contribution in [0.1, 0.15) is 33.8 Å². The van der Waals surface area contributed by atoms with E-state index in [0.29, 0.717) is 42.8 Å². The lowest BCUT2D eigenvalue weighted by Gasteiger charge is -2.19. The Kier molecular flexibility index (Phi) is 5.05. The van der Waals surface area contributed by atoms with Crippen molar-refractivity contribution in [1.29, 1.82) is 2.86 Å². The number of hydrogen-bond donors (Lipinski definition) is 4. The van der Waals surface area contributed by atoms with Gasteiger partial charge < -0.3 is 25.4 Å². The maximum Gasteiger partial charge on any atom is 0.226 e. The Hall–Kier alpha value is -1.52. The number of nitrogens with one attached hydrogen (secondary N) is 1. The van der Waals surface area contributed by atoms with E-state index in [2.05, 4.69) is 30.5 Å². The van der Waals surface area contributed by atoms with Crippen LogP contribution >= 0.6 is 11.6 Å². The van der Waals surface area contributed by atoms with E-state index < -0.39 is 12.3 Å². The molecule has 4 N–H and O–H groups in total. The van der Waals surface area contributed by atoms with Crippen LogP contribution in [-0.4, -0.2) is 69.7 Å². The quantitative estimate of drug-likeness (QED) is 0.348. The van der Waals surface area contributed by atoms with Crippen molar-refractivity contribution in [2.45, 2.75) is 44.6 Å². The van der Waals surface area contributed by atoms with Gasteiger partial charge in [-0.1, -0.05) is 0 Å². The smallest absolute Gasteiger partial charge is 0.226 e. The van der Waals surface area contributed by atoms with Gasteiger partial charge in [-0.2, -0.15) is 9.97 Å². The molecule has 0 aromatic carbocycles. The maximum atomic E-state index is 10.9. The number of anilines is 1. The fraction of sp³-hybridized carbons (Fsp3) is 0.688. The van der Waals surface area contributed by atoms with Crippen molar-refractivity contribution in [3.63, 3.8) is 0 Å². The Morgan fingerprint density at radius 3 is 3.08 bits per heavy atom. The summed E-state index contributed by atoms with van der Waals surface area (Å²) in [5.41, 5.74) is 0.878. The summed E-state index contributed by atoms with van der Waals surface area (Å²) in [4.78, 5) is 12.7. The van der Waals surface area contributed by atoms with Gasteiger partial charge >= 0.3 is 0 Å². The first-order chi connectivity index (χ1) is 14.1. The summed E-state index contributed by atoms with van der Waals surface area (Å²) in [6.45, 7) is 0.984. The van der Waals surface area contributed by atoms with Crippen molar-refractivity contribution in [1.82, 2.24) is 19.5 Å². The van der Waals surface area contributed by atoms with Crippen LogP contribution in [-0.2, 0) is 4.74 Å². The Morgan fingerprint density at radius 1 is 1.38 bits per heavy atom. The predicted octanol–water partition coefficient (Wildman–Crippen LogP) is 0.941. The van der Waals surface area contributed by atoms with Crippen LogP contribution in [0.2, 0.25) is 5.28 Å². The van der Waals surface area contributed by atoms with Gasteiger partial charge in [-0.15, -0.1) is 0 Å². The third-order valence-corrected chi connectivity index (χ3v) is 4.74. The first-order valence-corrected chi connectivity index (χ1v) is 8.91. The van der Waals surface area contributed by atoms with Gasteiger partial charge in [-0.3, -0.25) is 4.57 Å². The highest BCUT2D eigenvalue weighted by atomic mass is 35.5. The van der Waals surface area contributed by atoms with Gasteiger partial charge in [0.1, 0.15) is 6.10 Å². The molecule has 26 heavy (non-hydrogen) atoms. The van der Waals surface area contributed by atoms with E-state index >= 15 is 0 Å².